The summed E-state index contributed by atoms with van der Waals surface area (Å²) in [4.78, 5) is 16.0. The molecule has 0 unspecified atom stereocenters. The molecule has 0 atom stereocenters. The maximum Gasteiger partial charge on any atom is 0.236 e. The van der Waals surface area contributed by atoms with E-state index in [9.17, 15) is 4.79 Å². The molecule has 4 nitrogen and oxygen atoms in total. The van der Waals surface area contributed by atoms with Crippen molar-refractivity contribution in [3.05, 3.63) is 0 Å². The molecule has 0 saturated carbocycles. The minimum atomic E-state index is 0.246. The molecule has 1 aliphatic rings. The van der Waals surface area contributed by atoms with Crippen LogP contribution in [0.5, 0.6) is 0 Å². The van der Waals surface area contributed by atoms with Crippen molar-refractivity contribution in [2.24, 2.45) is 0 Å². The Labute approximate surface area is 103 Å². The van der Waals surface area contributed by atoms with Crippen LogP contribution in [0.25, 0.3) is 0 Å². The fourth-order valence-corrected chi connectivity index (χ4v) is 2.18. The minimum absolute atomic E-state index is 0.246. The molecule has 1 fully saturated rings. The summed E-state index contributed by atoms with van der Waals surface area (Å²) in [6, 6.07) is 0. The van der Waals surface area contributed by atoms with Crippen LogP contribution in [0.2, 0.25) is 0 Å². The van der Waals surface area contributed by atoms with E-state index in [2.05, 4.69) is 16.5 Å². The Hall–Kier alpha value is -0.260. The number of rotatable bonds is 5. The van der Waals surface area contributed by atoms with Crippen LogP contribution in [-0.4, -0.2) is 74.0 Å². The van der Waals surface area contributed by atoms with Gasteiger partial charge in [0.1, 0.15) is 0 Å². The van der Waals surface area contributed by atoms with Gasteiger partial charge >= 0.3 is 0 Å². The summed E-state index contributed by atoms with van der Waals surface area (Å²) in [5.41, 5.74) is 0. The van der Waals surface area contributed by atoms with Gasteiger partial charge < -0.3 is 10.2 Å². The van der Waals surface area contributed by atoms with Gasteiger partial charge in [0.25, 0.3) is 0 Å². The molecule has 0 radical (unpaired) electrons. The second-order valence-electron chi connectivity index (χ2n) is 4.19. The first kappa shape index (κ1) is 13.8. The maximum absolute atomic E-state index is 11.9. The number of carbonyl (C=O) groups excluding carboxylic acids is 1. The molecule has 16 heavy (non-hydrogen) atoms. The molecule has 1 aliphatic heterocycles. The van der Waals surface area contributed by atoms with Gasteiger partial charge in [-0.25, -0.2) is 0 Å². The van der Waals surface area contributed by atoms with E-state index in [1.54, 1.807) is 11.8 Å². The molecular weight excluding hydrogens is 222 g/mol. The smallest absolute Gasteiger partial charge is 0.236 e. The second kappa shape index (κ2) is 7.92. The first-order valence-electron chi connectivity index (χ1n) is 5.90. The van der Waals surface area contributed by atoms with E-state index in [0.29, 0.717) is 6.54 Å². The van der Waals surface area contributed by atoms with Crippen molar-refractivity contribution in [3.8, 4) is 0 Å². The molecule has 0 aromatic heterocycles. The van der Waals surface area contributed by atoms with E-state index in [1.807, 2.05) is 11.9 Å². The van der Waals surface area contributed by atoms with Gasteiger partial charge in [-0.3, -0.25) is 9.69 Å². The van der Waals surface area contributed by atoms with E-state index in [-0.39, 0.29) is 5.91 Å². The van der Waals surface area contributed by atoms with Crippen LogP contribution >= 0.6 is 11.8 Å². The minimum Gasteiger partial charge on any atom is -0.344 e. The molecule has 1 saturated heterocycles. The van der Waals surface area contributed by atoms with E-state index < -0.39 is 0 Å². The first-order chi connectivity index (χ1) is 7.74. The second-order valence-corrected chi connectivity index (χ2v) is 5.17. The normalized spacial score (nSPS) is 18.1. The zero-order chi connectivity index (χ0) is 11.8. The summed E-state index contributed by atoms with van der Waals surface area (Å²) in [6.45, 7) is 5.53. The van der Waals surface area contributed by atoms with Crippen molar-refractivity contribution in [1.29, 1.82) is 0 Å². The van der Waals surface area contributed by atoms with E-state index in [1.165, 1.54) is 0 Å². The van der Waals surface area contributed by atoms with Gasteiger partial charge in [0, 0.05) is 32.4 Å². The first-order valence-corrected chi connectivity index (χ1v) is 7.29. The van der Waals surface area contributed by atoms with Crippen molar-refractivity contribution < 1.29 is 4.79 Å². The van der Waals surface area contributed by atoms with Crippen LogP contribution in [0.1, 0.15) is 6.42 Å². The summed E-state index contributed by atoms with van der Waals surface area (Å²) in [7, 11) is 1.90. The van der Waals surface area contributed by atoms with Gasteiger partial charge in [0.05, 0.1) is 6.54 Å². The van der Waals surface area contributed by atoms with Gasteiger partial charge in [-0.05, 0) is 25.8 Å². The quantitative estimate of drug-likeness (QED) is 0.745. The average molecular weight is 245 g/mol. The summed E-state index contributed by atoms with van der Waals surface area (Å²) < 4.78 is 0. The number of hydrogen-bond acceptors (Lipinski definition) is 4. The SMILES string of the molecule is CSCCN(C)C(=O)CN1CCCNCC1. The topological polar surface area (TPSA) is 35.6 Å². The van der Waals surface area contributed by atoms with Gasteiger partial charge in [-0.2, -0.15) is 11.8 Å². The predicted octanol–water partition coefficient (Wildman–Crippen LogP) is 0.103. The number of amides is 1. The zero-order valence-electron chi connectivity index (χ0n) is 10.4. The summed E-state index contributed by atoms with van der Waals surface area (Å²) in [5.74, 6) is 1.26. The number of thioether (sulfide) groups is 1. The fourth-order valence-electron chi connectivity index (χ4n) is 1.72. The highest BCUT2D eigenvalue weighted by Gasteiger charge is 2.15. The van der Waals surface area contributed by atoms with E-state index in [0.717, 1.165) is 44.9 Å². The maximum atomic E-state index is 11.9. The van der Waals surface area contributed by atoms with Gasteiger partial charge in [-0.1, -0.05) is 0 Å². The van der Waals surface area contributed by atoms with E-state index >= 15 is 0 Å². The predicted molar refractivity (Wildman–Crippen MR) is 69.9 cm³/mol. The molecule has 1 N–H and O–H groups in total. The van der Waals surface area contributed by atoms with Crippen LogP contribution in [-0.2, 0) is 4.79 Å². The number of hydrogen-bond donors (Lipinski definition) is 1. The van der Waals surface area contributed by atoms with Crippen molar-refractivity contribution in [2.45, 2.75) is 6.42 Å². The molecule has 1 rings (SSSR count). The number of nitrogens with one attached hydrogen (secondary N) is 1. The lowest BCUT2D eigenvalue weighted by atomic mass is 10.3. The molecule has 94 valence electrons. The zero-order valence-corrected chi connectivity index (χ0v) is 11.2. The Morgan fingerprint density at radius 3 is 3.00 bits per heavy atom. The molecule has 0 spiro atoms. The van der Waals surface area contributed by atoms with Crippen molar-refractivity contribution in [3.63, 3.8) is 0 Å². The third kappa shape index (κ3) is 5.18. The third-order valence-corrected chi connectivity index (χ3v) is 3.44. The van der Waals surface area contributed by atoms with Crippen molar-refractivity contribution >= 4 is 17.7 Å². The molecule has 0 aromatic rings. The lowest BCUT2D eigenvalue weighted by Crippen LogP contribution is -2.40. The summed E-state index contributed by atoms with van der Waals surface area (Å²) in [6.07, 6.45) is 3.21. The molecule has 0 aromatic carbocycles. The molecule has 1 heterocycles. The van der Waals surface area contributed by atoms with Crippen LogP contribution in [0.15, 0.2) is 0 Å². The monoisotopic (exact) mass is 245 g/mol. The van der Waals surface area contributed by atoms with E-state index in [4.69, 9.17) is 0 Å². The Morgan fingerprint density at radius 2 is 2.25 bits per heavy atom. The molecular formula is C11H23N3OS. The van der Waals surface area contributed by atoms with Crippen molar-refractivity contribution in [2.75, 3.05) is 58.3 Å². The Kier molecular flexibility index (Phi) is 6.84. The van der Waals surface area contributed by atoms with Gasteiger partial charge in [0.2, 0.25) is 5.91 Å². The van der Waals surface area contributed by atoms with Crippen LogP contribution < -0.4 is 5.32 Å². The fraction of sp³-hybridized carbons (Fsp3) is 0.909. The van der Waals surface area contributed by atoms with Crippen molar-refractivity contribution in [1.82, 2.24) is 15.1 Å². The number of carbonyl (C=O) groups is 1. The standard InChI is InChI=1S/C11H23N3OS/c1-13(8-9-16-2)11(15)10-14-6-3-4-12-5-7-14/h12H,3-10H2,1-2H3. The van der Waals surface area contributed by atoms with Gasteiger partial charge in [0.15, 0.2) is 0 Å². The van der Waals surface area contributed by atoms with Gasteiger partial charge in [-0.15, -0.1) is 0 Å². The largest absolute Gasteiger partial charge is 0.344 e. The molecule has 0 bridgehead atoms. The number of likely N-dealkylation sites (N-methyl/N-ethyl adjacent to an activating group) is 1. The Balaban J connectivity index is 2.25. The lowest BCUT2D eigenvalue weighted by Gasteiger charge is -2.23. The molecule has 5 heteroatoms. The highest BCUT2D eigenvalue weighted by Crippen LogP contribution is 1.98. The average Bonchev–Trinajstić information content (AvgIpc) is 2.54. The highest BCUT2D eigenvalue weighted by molar-refractivity contribution is 7.98. The van der Waals surface area contributed by atoms with Crippen LogP contribution in [0.3, 0.4) is 0 Å². The Morgan fingerprint density at radius 1 is 1.44 bits per heavy atom. The lowest BCUT2D eigenvalue weighted by molar-refractivity contribution is -0.130. The summed E-state index contributed by atoms with van der Waals surface area (Å²) >= 11 is 1.78. The number of nitrogens with zero attached hydrogens (tertiary/aromatic N) is 2. The Bertz CT molecular complexity index is 205. The molecule has 0 aliphatic carbocycles. The highest BCUT2D eigenvalue weighted by atomic mass is 32.2. The van der Waals surface area contributed by atoms with Crippen LogP contribution in [0.4, 0.5) is 0 Å². The van der Waals surface area contributed by atoms with Crippen LogP contribution in [0, 0.1) is 0 Å². The molecule has 1 amide bonds. The third-order valence-electron chi connectivity index (χ3n) is 2.85. The summed E-state index contributed by atoms with van der Waals surface area (Å²) in [5, 5.41) is 3.34.